The predicted octanol–water partition coefficient (Wildman–Crippen LogP) is 23.8. The van der Waals surface area contributed by atoms with E-state index in [-0.39, 0.29) is 26.4 Å². The minimum atomic E-state index is -0.858. The minimum Gasteiger partial charge on any atom is -0.492 e. The van der Waals surface area contributed by atoms with Gasteiger partial charge in [0.1, 0.15) is 19.0 Å². The third kappa shape index (κ3) is 12.3. The van der Waals surface area contributed by atoms with Crippen LogP contribution in [0.2, 0.25) is 0 Å². The van der Waals surface area contributed by atoms with Gasteiger partial charge < -0.3 is 19.5 Å². The molecule has 0 spiro atoms. The van der Waals surface area contributed by atoms with Crippen molar-refractivity contribution >= 4 is 151 Å². The number of carbonyl (C=O) groups excluding carboxylic acids is 2. The number of hydrogen-bond donors (Lipinski definition) is 1. The Morgan fingerprint density at radius 3 is 1.40 bits per heavy atom. The molecule has 11 aromatic carbocycles. The number of aromatic nitrogens is 1. The van der Waals surface area contributed by atoms with Crippen molar-refractivity contribution in [3.8, 4) is 61.4 Å². The van der Waals surface area contributed by atoms with Gasteiger partial charge in [-0.2, -0.15) is 0 Å². The van der Waals surface area contributed by atoms with Crippen molar-refractivity contribution < 1.29 is 23.8 Å². The first kappa shape index (κ1) is 62.6. The molecule has 5 aliphatic rings. The van der Waals surface area contributed by atoms with Crippen LogP contribution in [0.15, 0.2) is 319 Å². The van der Waals surface area contributed by atoms with Crippen LogP contribution in [0.4, 0.5) is 4.79 Å². The zero-order valence-electron chi connectivity index (χ0n) is 50.8. The number of ether oxygens (including phenoxy) is 3. The van der Waals surface area contributed by atoms with Gasteiger partial charge in [0.25, 0.3) is 0 Å². The fraction of sp³-hybridized carbons (Fsp3) is 0.0897. The molecule has 0 saturated carbocycles. The molecule has 0 saturated heterocycles. The van der Waals surface area contributed by atoms with E-state index in [0.29, 0.717) is 11.5 Å². The third-order valence-corrected chi connectivity index (χ3v) is 31.3. The monoisotopic (exact) mass is 1450 g/mol. The van der Waals surface area contributed by atoms with Gasteiger partial charge in [-0.1, -0.05) is 222 Å². The van der Waals surface area contributed by atoms with Crippen LogP contribution in [0, 0.1) is 5.41 Å². The zero-order chi connectivity index (χ0) is 64.3. The molecular formula is C78H52N2O5S11. The average Bonchev–Trinajstić information content (AvgIpc) is 1.03. The van der Waals surface area contributed by atoms with Gasteiger partial charge in [0.15, 0.2) is 4.34 Å². The first-order valence-electron chi connectivity index (χ1n) is 30.9. The molecule has 470 valence electrons. The molecule has 1 N–H and O–H groups in total. The van der Waals surface area contributed by atoms with Gasteiger partial charge in [0.05, 0.1) is 28.8 Å². The van der Waals surface area contributed by atoms with Crippen molar-refractivity contribution in [2.75, 3.05) is 37.9 Å². The summed E-state index contributed by atoms with van der Waals surface area (Å²) < 4.78 is 21.7. The number of nitrogens with zero attached hydrogens (tertiary/aromatic N) is 1. The molecule has 0 bridgehead atoms. The first-order chi connectivity index (χ1) is 47.2. The molecule has 7 nitrogen and oxygen atoms in total. The van der Waals surface area contributed by atoms with Crippen LogP contribution in [0.5, 0.6) is 5.75 Å². The van der Waals surface area contributed by atoms with Crippen LogP contribution in [-0.2, 0) is 14.3 Å². The van der Waals surface area contributed by atoms with E-state index < -0.39 is 17.5 Å². The van der Waals surface area contributed by atoms with Gasteiger partial charge in [0, 0.05) is 123 Å². The number of nitrogens with one attached hydrogen (secondary N) is 1. The summed E-state index contributed by atoms with van der Waals surface area (Å²) in [6.45, 7) is 3.72. The van der Waals surface area contributed by atoms with E-state index in [4.69, 9.17) is 19.2 Å². The van der Waals surface area contributed by atoms with Crippen molar-refractivity contribution in [1.29, 1.82) is 0 Å². The molecule has 1 atom stereocenters. The SMILES string of the molecule is C=CC(=O)OCCNC(=O)OCC1(CSc2nc3ccccc3s2)COc2c(-c3cccc4c3Sc3ccccc3S4)cc(-c3cccc4c3Sc3ccccc3S4)cc2-c2cc(-c3cccc4c3Sc3ccccc3S4)cc(-c3cccc4c3Sc3ccccc3S4)c2SC1. The second-order valence-corrected chi connectivity index (χ2v) is 34.9. The minimum absolute atomic E-state index is 0.00523. The maximum atomic E-state index is 14.2. The molecule has 5 aliphatic heterocycles. The number of benzene rings is 11. The smallest absolute Gasteiger partial charge is 0.407 e. The summed E-state index contributed by atoms with van der Waals surface area (Å²) in [5, 5.41) is 2.86. The first-order valence-corrected chi connectivity index (χ1v) is 40.2. The molecule has 17 rings (SSSR count). The van der Waals surface area contributed by atoms with E-state index in [2.05, 4.69) is 224 Å². The standard InChI is InChI=1S/C78H52N2O5S11/c1-2-69(81)83-36-35-79-76(82)85-42-78(44-87-77-80-55-21-3-4-22-56(55)96-77)41-84-70-51(49-19-15-33-67-74(49)94-63-29-11-7-25-59(63)90-67)37-45(47-17-13-31-65-72(47)92-61-27-9-5-23-57(61)88-65)38-52(70)54-40-46(48-18-14-32-66-73(48)93-62-28-10-6-24-58(62)89-66)39-53(71(54)86-43-78)50-20-16-34-68-75(50)95-64-30-12-8-26-60(64)91-68/h2-34,37-40H,1,35-36,41-44H2,(H,79,82). The average molecular weight is 1450 g/mol. The summed E-state index contributed by atoms with van der Waals surface area (Å²) in [6, 6.07) is 79.9. The Balaban J connectivity index is 0.929. The molecule has 12 aromatic rings. The fourth-order valence-electron chi connectivity index (χ4n) is 12.2. The molecule has 6 heterocycles. The second kappa shape index (κ2) is 27.1. The summed E-state index contributed by atoms with van der Waals surface area (Å²) in [5.41, 5.74) is 10.8. The molecule has 1 aromatic heterocycles. The van der Waals surface area contributed by atoms with E-state index in [1.165, 1.54) is 73.4 Å². The van der Waals surface area contributed by atoms with Crippen LogP contribution in [0.3, 0.4) is 0 Å². The number of carbonyl (C=O) groups is 2. The Kier molecular flexibility index (Phi) is 17.7. The lowest BCUT2D eigenvalue weighted by Crippen LogP contribution is -2.41. The number of para-hydroxylation sites is 1. The van der Waals surface area contributed by atoms with Gasteiger partial charge in [-0.15, -0.1) is 23.1 Å². The van der Waals surface area contributed by atoms with Crippen molar-refractivity contribution in [3.63, 3.8) is 0 Å². The topological polar surface area (TPSA) is 86.8 Å². The lowest BCUT2D eigenvalue weighted by molar-refractivity contribution is -0.137. The molecule has 0 radical (unpaired) electrons. The van der Waals surface area contributed by atoms with Gasteiger partial charge in [0.2, 0.25) is 0 Å². The largest absolute Gasteiger partial charge is 0.492 e. The Hall–Kier alpha value is -6.91. The normalized spacial score (nSPS) is 15.3. The highest BCUT2D eigenvalue weighted by Crippen LogP contribution is 2.61. The van der Waals surface area contributed by atoms with Gasteiger partial charge in [-0.05, 0) is 143 Å². The van der Waals surface area contributed by atoms with Gasteiger partial charge >= 0.3 is 12.1 Å². The summed E-state index contributed by atoms with van der Waals surface area (Å²) in [7, 11) is 0. The summed E-state index contributed by atoms with van der Waals surface area (Å²) in [5.74, 6) is 1.15. The Morgan fingerprint density at radius 2 is 0.896 bits per heavy atom. The maximum absolute atomic E-state index is 14.2. The van der Waals surface area contributed by atoms with Crippen molar-refractivity contribution in [2.45, 2.75) is 87.6 Å². The molecule has 96 heavy (non-hydrogen) atoms. The number of thiazole rings is 1. The molecule has 0 fully saturated rings. The van der Waals surface area contributed by atoms with Gasteiger partial charge in [-0.3, -0.25) is 0 Å². The van der Waals surface area contributed by atoms with E-state index in [0.717, 1.165) is 91.8 Å². The van der Waals surface area contributed by atoms with Crippen LogP contribution in [0.25, 0.3) is 65.9 Å². The molecule has 1 amide bonds. The van der Waals surface area contributed by atoms with Crippen molar-refractivity contribution in [1.82, 2.24) is 10.3 Å². The van der Waals surface area contributed by atoms with Crippen LogP contribution in [-0.4, -0.2) is 54.9 Å². The highest BCUT2D eigenvalue weighted by Gasteiger charge is 2.39. The zero-order valence-corrected chi connectivity index (χ0v) is 59.8. The Bertz CT molecular complexity index is 4880. The number of rotatable bonds is 13. The number of fused-ring (bicyclic) bond motifs is 12. The summed E-state index contributed by atoms with van der Waals surface area (Å²) >= 11 is 19.8. The number of thioether (sulfide) groups is 2. The van der Waals surface area contributed by atoms with Gasteiger partial charge in [-0.25, -0.2) is 14.6 Å². The molecular weight excluding hydrogens is 1400 g/mol. The lowest BCUT2D eigenvalue weighted by atomic mass is 9.88. The Labute approximate surface area is 602 Å². The number of hydrogen-bond acceptors (Lipinski definition) is 17. The third-order valence-electron chi connectivity index (χ3n) is 16.8. The fourth-order valence-corrected chi connectivity index (χ4v) is 25.5. The van der Waals surface area contributed by atoms with Crippen LogP contribution < -0.4 is 10.1 Å². The predicted molar refractivity (Wildman–Crippen MR) is 402 cm³/mol. The van der Waals surface area contributed by atoms with Crippen molar-refractivity contribution in [3.05, 3.63) is 231 Å². The van der Waals surface area contributed by atoms with E-state index >= 15 is 0 Å². The summed E-state index contributed by atoms with van der Waals surface area (Å²) in [6.07, 6.45) is 0.487. The Morgan fingerprint density at radius 1 is 0.479 bits per heavy atom. The number of amides is 1. The highest BCUT2D eigenvalue weighted by atomic mass is 32.2. The van der Waals surface area contributed by atoms with Crippen LogP contribution >= 0.6 is 129 Å². The summed E-state index contributed by atoms with van der Waals surface area (Å²) in [4.78, 5) is 52.0. The molecule has 1 unspecified atom stereocenters. The van der Waals surface area contributed by atoms with Crippen LogP contribution in [0.1, 0.15) is 0 Å². The molecule has 0 aliphatic carbocycles. The van der Waals surface area contributed by atoms with E-state index in [1.54, 1.807) is 23.1 Å². The maximum Gasteiger partial charge on any atom is 0.407 e. The number of esters is 1. The second-order valence-electron chi connectivity index (χ2n) is 23.1. The number of alkyl carbamates (subject to hydrolysis) is 1. The highest BCUT2D eigenvalue weighted by molar-refractivity contribution is 8.06. The quantitative estimate of drug-likeness (QED) is 0.0514. The lowest BCUT2D eigenvalue weighted by Gasteiger charge is -2.32. The van der Waals surface area contributed by atoms with E-state index in [9.17, 15) is 9.59 Å². The van der Waals surface area contributed by atoms with Crippen molar-refractivity contribution in [2.24, 2.45) is 5.41 Å². The van der Waals surface area contributed by atoms with E-state index in [1.807, 2.05) is 112 Å². The molecule has 18 heteroatoms.